The van der Waals surface area contributed by atoms with Crippen LogP contribution >= 0.6 is 11.3 Å². The van der Waals surface area contributed by atoms with Gasteiger partial charge in [-0.05, 0) is 17.3 Å². The first kappa shape index (κ1) is 14.8. The van der Waals surface area contributed by atoms with Crippen LogP contribution in [0.1, 0.15) is 0 Å². The second kappa shape index (κ2) is 6.32. The summed E-state index contributed by atoms with van der Waals surface area (Å²) in [6, 6.07) is 7.92. The molecule has 0 spiro atoms. The van der Waals surface area contributed by atoms with Crippen molar-refractivity contribution >= 4 is 40.1 Å². The minimum absolute atomic E-state index is 0.141. The Morgan fingerprint density at radius 3 is 2.96 bits per heavy atom. The highest BCUT2D eigenvalue weighted by molar-refractivity contribution is 7.14. The third kappa shape index (κ3) is 3.55. The van der Waals surface area contributed by atoms with Gasteiger partial charge in [0.2, 0.25) is 0 Å². The predicted octanol–water partition coefficient (Wildman–Crippen LogP) is 2.28. The van der Waals surface area contributed by atoms with Crippen LogP contribution in [0.3, 0.4) is 0 Å². The summed E-state index contributed by atoms with van der Waals surface area (Å²) in [7, 11) is 1.71. The number of thiazole rings is 1. The van der Waals surface area contributed by atoms with Gasteiger partial charge in [-0.2, -0.15) is 4.98 Å². The second-order valence-corrected chi connectivity index (χ2v) is 5.31. The summed E-state index contributed by atoms with van der Waals surface area (Å²) in [6.07, 6.45) is 0. The first-order chi connectivity index (χ1) is 11.1. The van der Waals surface area contributed by atoms with Crippen molar-refractivity contribution in [3.8, 4) is 11.3 Å². The van der Waals surface area contributed by atoms with Crippen molar-refractivity contribution in [2.45, 2.75) is 0 Å². The number of nitrogens with two attached hydrogens (primary N) is 1. The number of nitrogens with zero attached hydrogens (tertiary/aromatic N) is 3. The highest BCUT2D eigenvalue weighted by atomic mass is 32.1. The first-order valence-electron chi connectivity index (χ1n) is 6.59. The number of hydrogen-bond acceptors (Lipinski definition) is 8. The zero-order valence-corrected chi connectivity index (χ0v) is 12.9. The number of benzene rings is 1. The molecule has 0 unspecified atom stereocenters. The maximum Gasteiger partial charge on any atom is 0.327 e. The zero-order valence-electron chi connectivity index (χ0n) is 12.1. The Morgan fingerprint density at radius 1 is 1.35 bits per heavy atom. The Bertz CT molecular complexity index is 827. The van der Waals surface area contributed by atoms with Gasteiger partial charge >= 0.3 is 6.01 Å². The Morgan fingerprint density at radius 2 is 2.22 bits per heavy atom. The Balaban J connectivity index is 1.79. The Hall–Kier alpha value is -3.14. The fourth-order valence-electron chi connectivity index (χ4n) is 1.83. The highest BCUT2D eigenvalue weighted by Gasteiger charge is 2.08. The van der Waals surface area contributed by atoms with Gasteiger partial charge in [-0.1, -0.05) is 12.1 Å². The molecule has 0 atom stereocenters. The van der Waals surface area contributed by atoms with E-state index in [1.807, 2.05) is 29.6 Å². The molecule has 6 N–H and O–H groups in total. The minimum Gasteiger partial charge on any atom is -0.370 e. The van der Waals surface area contributed by atoms with Gasteiger partial charge in [-0.3, -0.25) is 5.41 Å². The average molecular weight is 330 g/mol. The summed E-state index contributed by atoms with van der Waals surface area (Å²) < 4.78 is 5.06. The summed E-state index contributed by atoms with van der Waals surface area (Å²) >= 11 is 1.38. The molecule has 23 heavy (non-hydrogen) atoms. The number of hydrogen-bond donors (Lipinski definition) is 5. The quantitative estimate of drug-likeness (QED) is 0.355. The number of guanidine groups is 1. The molecule has 0 fully saturated rings. The van der Waals surface area contributed by atoms with Crippen molar-refractivity contribution in [3.63, 3.8) is 0 Å². The molecule has 0 radical (unpaired) electrons. The largest absolute Gasteiger partial charge is 0.370 e. The van der Waals surface area contributed by atoms with Gasteiger partial charge in [0, 0.05) is 23.7 Å². The lowest BCUT2D eigenvalue weighted by Crippen LogP contribution is -2.20. The maximum atomic E-state index is 7.22. The Kier molecular flexibility index (Phi) is 4.06. The molecule has 2 aromatic heterocycles. The summed E-state index contributed by atoms with van der Waals surface area (Å²) in [4.78, 5) is 8.49. The van der Waals surface area contributed by atoms with E-state index < -0.39 is 0 Å². The van der Waals surface area contributed by atoms with E-state index in [-0.39, 0.29) is 5.96 Å². The molecule has 3 rings (SSSR count). The van der Waals surface area contributed by atoms with Gasteiger partial charge in [0.25, 0.3) is 5.95 Å². The highest BCUT2D eigenvalue weighted by Crippen LogP contribution is 2.27. The molecule has 0 amide bonds. The fraction of sp³-hybridized carbons (Fsp3) is 0.0769. The van der Waals surface area contributed by atoms with Gasteiger partial charge in [0.15, 0.2) is 11.1 Å². The molecule has 2 heterocycles. The van der Waals surface area contributed by atoms with Gasteiger partial charge in [-0.25, -0.2) is 4.98 Å². The van der Waals surface area contributed by atoms with Crippen LogP contribution in [0.25, 0.3) is 11.3 Å². The first-order valence-corrected chi connectivity index (χ1v) is 7.47. The van der Waals surface area contributed by atoms with Crippen LogP contribution in [0.15, 0.2) is 34.2 Å². The van der Waals surface area contributed by atoms with Gasteiger partial charge < -0.3 is 26.2 Å². The molecule has 0 aliphatic rings. The standard InChI is InChI=1S/C13H14N8OS/c1-16-11-20-12(22-21-11)17-8-4-2-3-7(5-8)9-6-23-13(18-9)19-10(14)15/h2-6H,1H3,(H4,14,15,18,19)(H2,16,17,20,21). The molecule has 118 valence electrons. The van der Waals surface area contributed by atoms with Crippen LogP contribution in [-0.2, 0) is 0 Å². The summed E-state index contributed by atoms with van der Waals surface area (Å²) in [5, 5.41) is 21.9. The lowest BCUT2D eigenvalue weighted by molar-refractivity contribution is 0.436. The van der Waals surface area contributed by atoms with Crippen LogP contribution in [0.5, 0.6) is 0 Å². The number of anilines is 4. The SMILES string of the molecule is CNc1noc(Nc2cccc(-c3csc(NC(=N)N)n3)c2)n1. The predicted molar refractivity (Wildman–Crippen MR) is 90.2 cm³/mol. The third-order valence-corrected chi connectivity index (χ3v) is 3.56. The van der Waals surface area contributed by atoms with E-state index in [4.69, 9.17) is 15.7 Å². The molecule has 1 aromatic carbocycles. The van der Waals surface area contributed by atoms with E-state index in [2.05, 4.69) is 31.1 Å². The van der Waals surface area contributed by atoms with Crippen LogP contribution in [0.2, 0.25) is 0 Å². The molecule has 0 aliphatic carbocycles. The minimum atomic E-state index is -0.141. The van der Waals surface area contributed by atoms with Crippen molar-refractivity contribution in [1.82, 2.24) is 15.1 Å². The van der Waals surface area contributed by atoms with Crippen molar-refractivity contribution < 1.29 is 4.52 Å². The molecule has 0 saturated heterocycles. The van der Waals surface area contributed by atoms with E-state index >= 15 is 0 Å². The summed E-state index contributed by atoms with van der Waals surface area (Å²) in [6.45, 7) is 0. The van der Waals surface area contributed by atoms with Crippen molar-refractivity contribution in [2.75, 3.05) is 23.0 Å². The van der Waals surface area contributed by atoms with E-state index in [1.54, 1.807) is 7.05 Å². The van der Waals surface area contributed by atoms with Gasteiger partial charge in [-0.15, -0.1) is 11.3 Å². The molecule has 0 aliphatic heterocycles. The van der Waals surface area contributed by atoms with Crippen molar-refractivity contribution in [3.05, 3.63) is 29.6 Å². The van der Waals surface area contributed by atoms with E-state index in [9.17, 15) is 0 Å². The molecule has 9 nitrogen and oxygen atoms in total. The smallest absolute Gasteiger partial charge is 0.327 e. The van der Waals surface area contributed by atoms with E-state index in [1.165, 1.54) is 11.3 Å². The third-order valence-electron chi connectivity index (χ3n) is 2.81. The molecular formula is C13H14N8OS. The normalized spacial score (nSPS) is 10.3. The average Bonchev–Trinajstić information content (AvgIpc) is 3.16. The Labute approximate surface area is 135 Å². The van der Waals surface area contributed by atoms with Crippen LogP contribution in [-0.4, -0.2) is 28.1 Å². The monoisotopic (exact) mass is 330 g/mol. The topological polar surface area (TPSA) is 138 Å². The van der Waals surface area contributed by atoms with E-state index in [0.717, 1.165) is 16.9 Å². The number of rotatable bonds is 5. The number of nitrogens with one attached hydrogen (secondary N) is 4. The summed E-state index contributed by atoms with van der Waals surface area (Å²) in [5.74, 6) is 0.265. The number of aromatic nitrogens is 3. The molecular weight excluding hydrogens is 316 g/mol. The fourth-order valence-corrected chi connectivity index (χ4v) is 2.57. The van der Waals surface area contributed by atoms with Gasteiger partial charge in [0.1, 0.15) is 0 Å². The van der Waals surface area contributed by atoms with E-state index in [0.29, 0.717) is 17.1 Å². The second-order valence-electron chi connectivity index (χ2n) is 4.46. The lowest BCUT2D eigenvalue weighted by Gasteiger charge is -2.03. The molecule has 3 aromatic rings. The summed E-state index contributed by atoms with van der Waals surface area (Å²) in [5.41, 5.74) is 7.79. The molecule has 10 heteroatoms. The van der Waals surface area contributed by atoms with Crippen LogP contribution in [0, 0.1) is 5.41 Å². The van der Waals surface area contributed by atoms with Gasteiger partial charge in [0.05, 0.1) is 5.69 Å². The molecule has 0 bridgehead atoms. The van der Waals surface area contributed by atoms with Crippen LogP contribution < -0.4 is 21.7 Å². The maximum absolute atomic E-state index is 7.22. The molecule has 0 saturated carbocycles. The van der Waals surface area contributed by atoms with Crippen molar-refractivity contribution in [2.24, 2.45) is 5.73 Å². The zero-order chi connectivity index (χ0) is 16.2. The van der Waals surface area contributed by atoms with Crippen LogP contribution in [0.4, 0.5) is 22.8 Å². The lowest BCUT2D eigenvalue weighted by atomic mass is 10.1. The van der Waals surface area contributed by atoms with Crippen molar-refractivity contribution in [1.29, 1.82) is 5.41 Å².